The maximum atomic E-state index is 5.45. The Morgan fingerprint density at radius 3 is 3.31 bits per heavy atom. The van der Waals surface area contributed by atoms with Gasteiger partial charge in [-0.05, 0) is 19.4 Å². The van der Waals surface area contributed by atoms with Crippen LogP contribution >= 0.6 is 0 Å². The van der Waals surface area contributed by atoms with Crippen LogP contribution in [0.4, 0.5) is 0 Å². The van der Waals surface area contributed by atoms with E-state index in [4.69, 9.17) is 4.74 Å². The van der Waals surface area contributed by atoms with E-state index in [1.807, 2.05) is 6.07 Å². The molecule has 0 saturated carbocycles. The van der Waals surface area contributed by atoms with Crippen LogP contribution in [-0.2, 0) is 11.3 Å². The van der Waals surface area contributed by atoms with Crippen molar-refractivity contribution in [3.8, 4) is 0 Å². The summed E-state index contributed by atoms with van der Waals surface area (Å²) in [5, 5.41) is 10.3. The van der Waals surface area contributed by atoms with Gasteiger partial charge in [0.05, 0.1) is 6.10 Å². The second kappa shape index (κ2) is 3.89. The average molecular weight is 181 g/mol. The standard InChI is InChI=1S/C9H15N3O/c1-7-9(3-5-13-7)10-6-8-2-4-11-12-8/h2,4,7,9-10H,3,5-6H2,1H3,(H,11,12). The molecule has 4 nitrogen and oxygen atoms in total. The van der Waals surface area contributed by atoms with Crippen LogP contribution < -0.4 is 5.32 Å². The highest BCUT2D eigenvalue weighted by molar-refractivity contribution is 4.97. The Bertz CT molecular complexity index is 247. The molecule has 1 fully saturated rings. The van der Waals surface area contributed by atoms with E-state index in [0.29, 0.717) is 12.1 Å². The molecular formula is C9H15N3O. The molecular weight excluding hydrogens is 166 g/mol. The highest BCUT2D eigenvalue weighted by Gasteiger charge is 2.23. The molecule has 1 aliphatic rings. The Labute approximate surface area is 77.7 Å². The van der Waals surface area contributed by atoms with E-state index in [9.17, 15) is 0 Å². The molecule has 2 atom stereocenters. The fourth-order valence-corrected chi connectivity index (χ4v) is 1.62. The van der Waals surface area contributed by atoms with Gasteiger partial charge in [0.25, 0.3) is 0 Å². The first-order valence-corrected chi connectivity index (χ1v) is 4.69. The molecule has 0 aliphatic carbocycles. The summed E-state index contributed by atoms with van der Waals surface area (Å²) in [4.78, 5) is 0. The first kappa shape index (κ1) is 8.72. The molecule has 0 spiro atoms. The molecule has 1 aromatic rings. The van der Waals surface area contributed by atoms with E-state index in [2.05, 4.69) is 22.4 Å². The first-order chi connectivity index (χ1) is 6.36. The summed E-state index contributed by atoms with van der Waals surface area (Å²) in [5.41, 5.74) is 1.12. The molecule has 0 bridgehead atoms. The summed E-state index contributed by atoms with van der Waals surface area (Å²) in [6.07, 6.45) is 3.21. The molecule has 4 heteroatoms. The molecule has 2 rings (SSSR count). The fraction of sp³-hybridized carbons (Fsp3) is 0.667. The minimum atomic E-state index is 0.336. The van der Waals surface area contributed by atoms with Crippen molar-refractivity contribution in [3.05, 3.63) is 18.0 Å². The zero-order valence-corrected chi connectivity index (χ0v) is 7.79. The number of nitrogens with zero attached hydrogens (tertiary/aromatic N) is 1. The molecule has 2 unspecified atom stereocenters. The predicted octanol–water partition coefficient (Wildman–Crippen LogP) is 0.677. The second-order valence-corrected chi connectivity index (χ2v) is 3.43. The Balaban J connectivity index is 1.79. The van der Waals surface area contributed by atoms with Gasteiger partial charge in [-0.3, -0.25) is 5.10 Å². The van der Waals surface area contributed by atoms with Gasteiger partial charge in [-0.25, -0.2) is 0 Å². The normalized spacial score (nSPS) is 28.1. The van der Waals surface area contributed by atoms with Crippen molar-refractivity contribution in [1.82, 2.24) is 15.5 Å². The van der Waals surface area contributed by atoms with Crippen LogP contribution in [0.25, 0.3) is 0 Å². The topological polar surface area (TPSA) is 49.9 Å². The van der Waals surface area contributed by atoms with E-state index in [-0.39, 0.29) is 0 Å². The van der Waals surface area contributed by atoms with Crippen LogP contribution in [0.1, 0.15) is 19.0 Å². The third kappa shape index (κ3) is 2.08. The van der Waals surface area contributed by atoms with Crippen molar-refractivity contribution in [2.24, 2.45) is 0 Å². The lowest BCUT2D eigenvalue weighted by Crippen LogP contribution is -2.34. The van der Waals surface area contributed by atoms with Gasteiger partial charge in [-0.2, -0.15) is 5.10 Å². The van der Waals surface area contributed by atoms with Crippen LogP contribution in [0.15, 0.2) is 12.3 Å². The zero-order valence-electron chi connectivity index (χ0n) is 7.79. The number of hydrogen-bond acceptors (Lipinski definition) is 3. The van der Waals surface area contributed by atoms with Crippen LogP contribution in [0, 0.1) is 0 Å². The van der Waals surface area contributed by atoms with Gasteiger partial charge in [0.1, 0.15) is 0 Å². The summed E-state index contributed by atoms with van der Waals surface area (Å²) in [5.74, 6) is 0. The van der Waals surface area contributed by atoms with Crippen LogP contribution in [0.3, 0.4) is 0 Å². The van der Waals surface area contributed by atoms with Gasteiger partial charge < -0.3 is 10.1 Å². The van der Waals surface area contributed by atoms with Crippen molar-refractivity contribution in [3.63, 3.8) is 0 Å². The van der Waals surface area contributed by atoms with E-state index in [1.165, 1.54) is 0 Å². The quantitative estimate of drug-likeness (QED) is 0.720. The van der Waals surface area contributed by atoms with Crippen LogP contribution in [0.2, 0.25) is 0 Å². The van der Waals surface area contributed by atoms with E-state index >= 15 is 0 Å². The fourth-order valence-electron chi connectivity index (χ4n) is 1.62. The highest BCUT2D eigenvalue weighted by Crippen LogP contribution is 2.12. The van der Waals surface area contributed by atoms with Crippen LogP contribution in [0.5, 0.6) is 0 Å². The molecule has 1 aromatic heterocycles. The van der Waals surface area contributed by atoms with Crippen molar-refractivity contribution >= 4 is 0 Å². The van der Waals surface area contributed by atoms with E-state index < -0.39 is 0 Å². The summed E-state index contributed by atoms with van der Waals surface area (Å²) in [7, 11) is 0. The maximum absolute atomic E-state index is 5.45. The van der Waals surface area contributed by atoms with Crippen molar-refractivity contribution in [1.29, 1.82) is 0 Å². The summed E-state index contributed by atoms with van der Waals surface area (Å²) >= 11 is 0. The van der Waals surface area contributed by atoms with Gasteiger partial charge in [-0.15, -0.1) is 0 Å². The van der Waals surface area contributed by atoms with Crippen LogP contribution in [-0.4, -0.2) is 29.0 Å². The lowest BCUT2D eigenvalue weighted by molar-refractivity contribution is 0.113. The summed E-state index contributed by atoms with van der Waals surface area (Å²) in [6, 6.07) is 2.47. The third-order valence-corrected chi connectivity index (χ3v) is 2.49. The minimum Gasteiger partial charge on any atom is -0.377 e. The molecule has 72 valence electrons. The number of aromatic nitrogens is 2. The van der Waals surface area contributed by atoms with Crippen molar-refractivity contribution < 1.29 is 4.74 Å². The van der Waals surface area contributed by atoms with Crippen molar-refractivity contribution in [2.75, 3.05) is 6.61 Å². The van der Waals surface area contributed by atoms with Gasteiger partial charge in [0.15, 0.2) is 0 Å². The number of hydrogen-bond donors (Lipinski definition) is 2. The SMILES string of the molecule is CC1OCCC1NCc1ccn[nH]1. The molecule has 13 heavy (non-hydrogen) atoms. The van der Waals surface area contributed by atoms with Gasteiger partial charge >= 0.3 is 0 Å². The molecule has 0 radical (unpaired) electrons. The van der Waals surface area contributed by atoms with E-state index in [1.54, 1.807) is 6.20 Å². The second-order valence-electron chi connectivity index (χ2n) is 3.43. The molecule has 1 aliphatic heterocycles. The first-order valence-electron chi connectivity index (χ1n) is 4.69. The summed E-state index contributed by atoms with van der Waals surface area (Å²) in [6.45, 7) is 3.83. The Morgan fingerprint density at radius 2 is 2.69 bits per heavy atom. The smallest absolute Gasteiger partial charge is 0.0700 e. The Hall–Kier alpha value is -0.870. The number of ether oxygens (including phenoxy) is 1. The molecule has 2 N–H and O–H groups in total. The number of nitrogens with one attached hydrogen (secondary N) is 2. The Kier molecular flexibility index (Phi) is 2.61. The number of rotatable bonds is 3. The number of H-pyrrole nitrogens is 1. The lowest BCUT2D eigenvalue weighted by Gasteiger charge is -2.14. The Morgan fingerprint density at radius 1 is 1.77 bits per heavy atom. The van der Waals surface area contributed by atoms with E-state index in [0.717, 1.165) is 25.3 Å². The minimum absolute atomic E-state index is 0.336. The third-order valence-electron chi connectivity index (χ3n) is 2.49. The monoisotopic (exact) mass is 181 g/mol. The van der Waals surface area contributed by atoms with Gasteiger partial charge in [0, 0.05) is 31.1 Å². The average Bonchev–Trinajstić information content (AvgIpc) is 2.72. The summed E-state index contributed by atoms with van der Waals surface area (Å²) < 4.78 is 5.45. The maximum Gasteiger partial charge on any atom is 0.0700 e. The largest absolute Gasteiger partial charge is 0.377 e. The zero-order chi connectivity index (χ0) is 9.10. The molecule has 0 amide bonds. The molecule has 0 aromatic carbocycles. The van der Waals surface area contributed by atoms with Gasteiger partial charge in [0.2, 0.25) is 0 Å². The van der Waals surface area contributed by atoms with Gasteiger partial charge in [-0.1, -0.05) is 0 Å². The predicted molar refractivity (Wildman–Crippen MR) is 49.2 cm³/mol. The lowest BCUT2D eigenvalue weighted by atomic mass is 10.1. The molecule has 1 saturated heterocycles. The molecule has 2 heterocycles. The van der Waals surface area contributed by atoms with Crippen molar-refractivity contribution in [2.45, 2.75) is 32.0 Å². The number of aromatic amines is 1. The highest BCUT2D eigenvalue weighted by atomic mass is 16.5.